The van der Waals surface area contributed by atoms with Gasteiger partial charge in [-0.2, -0.15) is 0 Å². The summed E-state index contributed by atoms with van der Waals surface area (Å²) in [5.41, 5.74) is 1.62. The zero-order valence-electron chi connectivity index (χ0n) is 7.12. The summed E-state index contributed by atoms with van der Waals surface area (Å²) in [5, 5.41) is 2.14. The Hall–Kier alpha value is -0.560. The maximum absolute atomic E-state index is 3.98. The van der Waals surface area contributed by atoms with Gasteiger partial charge in [0.1, 0.15) is 0 Å². The number of rotatable bonds is 3. The van der Waals surface area contributed by atoms with E-state index in [9.17, 15) is 0 Å². The summed E-state index contributed by atoms with van der Waals surface area (Å²) < 4.78 is 0. The van der Waals surface area contributed by atoms with Crippen LogP contribution in [0.15, 0.2) is 29.2 Å². The van der Waals surface area contributed by atoms with E-state index in [1.165, 1.54) is 17.7 Å². The second-order valence-electron chi connectivity index (χ2n) is 3.24. The van der Waals surface area contributed by atoms with Gasteiger partial charge in [0.15, 0.2) is 0 Å². The van der Waals surface area contributed by atoms with Crippen LogP contribution in [0.1, 0.15) is 30.1 Å². The molecule has 0 spiro atoms. The summed E-state index contributed by atoms with van der Waals surface area (Å²) in [7, 11) is 0. The molecule has 1 atom stereocenters. The summed E-state index contributed by atoms with van der Waals surface area (Å²) in [6.07, 6.45) is 6.03. The number of hydrogen-bond donors (Lipinski definition) is 0. The van der Waals surface area contributed by atoms with Gasteiger partial charge < -0.3 is 0 Å². The summed E-state index contributed by atoms with van der Waals surface area (Å²) in [5.74, 6) is 0.586. The molecule has 0 nitrogen and oxygen atoms in total. The molecule has 1 aliphatic carbocycles. The third-order valence-corrected chi connectivity index (χ3v) is 3.20. The van der Waals surface area contributed by atoms with Crippen LogP contribution in [-0.4, -0.2) is 0 Å². The minimum absolute atomic E-state index is 0.586. The molecule has 1 aliphatic rings. The molecule has 0 saturated heterocycles. The third kappa shape index (κ3) is 1.78. The molecule has 1 aromatic heterocycles. The Morgan fingerprint density at radius 2 is 2.42 bits per heavy atom. The molecule has 12 heavy (non-hydrogen) atoms. The number of hydrogen-bond acceptors (Lipinski definition) is 1. The highest BCUT2D eigenvalue weighted by atomic mass is 32.1. The predicted molar refractivity (Wildman–Crippen MR) is 54.4 cm³/mol. The summed E-state index contributed by atoms with van der Waals surface area (Å²) in [4.78, 5) is 1.46. The van der Waals surface area contributed by atoms with Gasteiger partial charge in [0.25, 0.3) is 0 Å². The number of allylic oxidation sites excluding steroid dienone is 2. The van der Waals surface area contributed by atoms with Crippen molar-refractivity contribution in [2.45, 2.75) is 25.2 Å². The Morgan fingerprint density at radius 3 is 2.92 bits per heavy atom. The second-order valence-corrected chi connectivity index (χ2v) is 4.21. The quantitative estimate of drug-likeness (QED) is 0.616. The molecule has 0 aliphatic heterocycles. The van der Waals surface area contributed by atoms with Gasteiger partial charge >= 0.3 is 0 Å². The first-order chi connectivity index (χ1) is 5.90. The fourth-order valence-corrected chi connectivity index (χ4v) is 2.17. The van der Waals surface area contributed by atoms with Gasteiger partial charge in [0.05, 0.1) is 0 Å². The van der Waals surface area contributed by atoms with E-state index in [-0.39, 0.29) is 0 Å². The van der Waals surface area contributed by atoms with Crippen molar-refractivity contribution in [2.24, 2.45) is 0 Å². The fourth-order valence-electron chi connectivity index (χ4n) is 1.33. The molecule has 1 heterocycles. The molecule has 1 aromatic rings. The Balaban J connectivity index is 2.13. The standard InChI is InChI=1S/C11H13S/c1-2-10(8-9-5-6-9)11-4-3-7-12-11/h3-4,7-8,10H,1-2,5-6H2. The Morgan fingerprint density at radius 1 is 1.58 bits per heavy atom. The van der Waals surface area contributed by atoms with E-state index in [4.69, 9.17) is 0 Å². The van der Waals surface area contributed by atoms with Gasteiger partial charge in [-0.15, -0.1) is 11.3 Å². The van der Waals surface area contributed by atoms with Gasteiger partial charge in [-0.3, -0.25) is 0 Å². The van der Waals surface area contributed by atoms with Crippen molar-refractivity contribution >= 4 is 11.3 Å². The van der Waals surface area contributed by atoms with Crippen LogP contribution in [-0.2, 0) is 0 Å². The topological polar surface area (TPSA) is 0 Å². The number of thiophene rings is 1. The SMILES string of the molecule is [CH2]CC(C=C1CC1)c1cccs1. The lowest BCUT2D eigenvalue weighted by Gasteiger charge is -2.05. The van der Waals surface area contributed by atoms with Crippen molar-refractivity contribution in [3.8, 4) is 0 Å². The van der Waals surface area contributed by atoms with Crippen LogP contribution in [0.2, 0.25) is 0 Å². The van der Waals surface area contributed by atoms with E-state index in [2.05, 4.69) is 30.5 Å². The Labute approximate surface area is 77.9 Å². The van der Waals surface area contributed by atoms with E-state index in [1.807, 2.05) is 11.3 Å². The lowest BCUT2D eigenvalue weighted by molar-refractivity contribution is 0.878. The van der Waals surface area contributed by atoms with Crippen molar-refractivity contribution in [3.63, 3.8) is 0 Å². The lowest BCUT2D eigenvalue weighted by atomic mass is 10.0. The maximum Gasteiger partial charge on any atom is 0.0115 e. The van der Waals surface area contributed by atoms with Crippen molar-refractivity contribution < 1.29 is 0 Å². The summed E-state index contributed by atoms with van der Waals surface area (Å²) in [6, 6.07) is 4.33. The van der Waals surface area contributed by atoms with E-state index >= 15 is 0 Å². The Kier molecular flexibility index (Phi) is 2.31. The molecular formula is C11H13S. The van der Waals surface area contributed by atoms with Crippen molar-refractivity contribution in [1.29, 1.82) is 0 Å². The van der Waals surface area contributed by atoms with Crippen LogP contribution in [0.3, 0.4) is 0 Å². The highest BCUT2D eigenvalue weighted by Crippen LogP contribution is 2.34. The average Bonchev–Trinajstić information content (AvgIpc) is 2.74. The largest absolute Gasteiger partial charge is 0.148 e. The van der Waals surface area contributed by atoms with Gasteiger partial charge in [0, 0.05) is 10.8 Å². The lowest BCUT2D eigenvalue weighted by Crippen LogP contribution is -1.88. The summed E-state index contributed by atoms with van der Waals surface area (Å²) in [6.45, 7) is 3.98. The molecule has 1 saturated carbocycles. The summed E-state index contributed by atoms with van der Waals surface area (Å²) >= 11 is 1.84. The van der Waals surface area contributed by atoms with Crippen LogP contribution >= 0.6 is 11.3 Å². The molecular weight excluding hydrogens is 164 g/mol. The van der Waals surface area contributed by atoms with Gasteiger partial charge in [-0.1, -0.05) is 24.6 Å². The minimum atomic E-state index is 0.586. The fraction of sp³-hybridized carbons (Fsp3) is 0.364. The van der Waals surface area contributed by atoms with Crippen LogP contribution in [0.4, 0.5) is 0 Å². The molecule has 0 aromatic carbocycles. The predicted octanol–water partition coefficient (Wildman–Crippen LogP) is 3.78. The molecule has 0 N–H and O–H groups in total. The molecule has 0 amide bonds. The van der Waals surface area contributed by atoms with Gasteiger partial charge in [0.2, 0.25) is 0 Å². The van der Waals surface area contributed by atoms with E-state index < -0.39 is 0 Å². The Bertz CT molecular complexity index is 263. The molecule has 0 bridgehead atoms. The first kappa shape index (κ1) is 8.06. The molecule has 1 fully saturated rings. The van der Waals surface area contributed by atoms with E-state index in [0.717, 1.165) is 6.42 Å². The van der Waals surface area contributed by atoms with Crippen molar-refractivity contribution in [3.05, 3.63) is 41.0 Å². The van der Waals surface area contributed by atoms with Gasteiger partial charge in [-0.25, -0.2) is 0 Å². The van der Waals surface area contributed by atoms with Crippen molar-refractivity contribution in [2.75, 3.05) is 0 Å². The first-order valence-corrected chi connectivity index (χ1v) is 5.30. The molecule has 1 radical (unpaired) electrons. The minimum Gasteiger partial charge on any atom is -0.148 e. The molecule has 1 unspecified atom stereocenters. The van der Waals surface area contributed by atoms with Crippen LogP contribution in [0, 0.1) is 6.92 Å². The highest BCUT2D eigenvalue weighted by molar-refractivity contribution is 7.10. The normalized spacial score (nSPS) is 17.6. The van der Waals surface area contributed by atoms with Gasteiger partial charge in [-0.05, 0) is 30.7 Å². The highest BCUT2D eigenvalue weighted by Gasteiger charge is 2.15. The monoisotopic (exact) mass is 177 g/mol. The third-order valence-electron chi connectivity index (χ3n) is 2.20. The second kappa shape index (κ2) is 3.44. The zero-order valence-corrected chi connectivity index (χ0v) is 7.94. The smallest absolute Gasteiger partial charge is 0.0115 e. The zero-order chi connectivity index (χ0) is 8.39. The molecule has 63 valence electrons. The van der Waals surface area contributed by atoms with Crippen LogP contribution in [0.5, 0.6) is 0 Å². The van der Waals surface area contributed by atoms with E-state index in [1.54, 1.807) is 5.57 Å². The van der Waals surface area contributed by atoms with Crippen LogP contribution in [0.25, 0.3) is 0 Å². The maximum atomic E-state index is 3.98. The average molecular weight is 177 g/mol. The first-order valence-electron chi connectivity index (χ1n) is 4.42. The molecule has 2 rings (SSSR count). The van der Waals surface area contributed by atoms with Crippen LogP contribution < -0.4 is 0 Å². The van der Waals surface area contributed by atoms with Crippen molar-refractivity contribution in [1.82, 2.24) is 0 Å². The molecule has 1 heteroatoms. The van der Waals surface area contributed by atoms with E-state index in [0.29, 0.717) is 5.92 Å².